The Hall–Kier alpha value is -2.67. The molecule has 7 heteroatoms. The molecule has 0 saturated heterocycles. The molecular formula is C16H15N3O3S. The van der Waals surface area contributed by atoms with E-state index in [2.05, 4.69) is 9.97 Å². The fourth-order valence-electron chi connectivity index (χ4n) is 2.08. The van der Waals surface area contributed by atoms with Gasteiger partial charge in [-0.25, -0.2) is 4.98 Å². The maximum atomic E-state index is 12.1. The Balaban J connectivity index is 1.64. The molecule has 0 atom stereocenters. The SMILES string of the molecule is CN(Cc1nc2ccsc2c(=O)[nH]1)C(=O)COc1ccccc1. The van der Waals surface area contributed by atoms with Crippen molar-refractivity contribution in [2.24, 2.45) is 0 Å². The Morgan fingerprint density at radius 2 is 2.09 bits per heavy atom. The summed E-state index contributed by atoms with van der Waals surface area (Å²) in [6.07, 6.45) is 0. The summed E-state index contributed by atoms with van der Waals surface area (Å²) in [7, 11) is 1.65. The first kappa shape index (κ1) is 15.2. The molecule has 2 heterocycles. The molecule has 1 aromatic carbocycles. The molecule has 2 aromatic heterocycles. The number of para-hydroxylation sites is 1. The lowest BCUT2D eigenvalue weighted by molar-refractivity contribution is -0.132. The molecule has 6 nitrogen and oxygen atoms in total. The van der Waals surface area contributed by atoms with E-state index in [0.29, 0.717) is 21.8 Å². The number of hydrogen-bond donors (Lipinski definition) is 1. The van der Waals surface area contributed by atoms with Gasteiger partial charge in [0.2, 0.25) is 0 Å². The predicted octanol–water partition coefficient (Wildman–Crippen LogP) is 2.02. The first-order valence-corrected chi connectivity index (χ1v) is 7.89. The summed E-state index contributed by atoms with van der Waals surface area (Å²) < 4.78 is 6.02. The van der Waals surface area contributed by atoms with Crippen LogP contribution in [0.15, 0.2) is 46.6 Å². The summed E-state index contributed by atoms with van der Waals surface area (Å²) in [5.41, 5.74) is 0.469. The van der Waals surface area contributed by atoms with E-state index in [1.54, 1.807) is 25.2 Å². The zero-order valence-corrected chi connectivity index (χ0v) is 13.3. The monoisotopic (exact) mass is 329 g/mol. The first-order chi connectivity index (χ1) is 11.1. The van der Waals surface area contributed by atoms with Crippen LogP contribution in [0.2, 0.25) is 0 Å². The molecule has 0 aliphatic carbocycles. The van der Waals surface area contributed by atoms with Gasteiger partial charge in [-0.2, -0.15) is 0 Å². The number of rotatable bonds is 5. The minimum Gasteiger partial charge on any atom is -0.484 e. The molecule has 0 spiro atoms. The van der Waals surface area contributed by atoms with Gasteiger partial charge in [-0.15, -0.1) is 11.3 Å². The highest BCUT2D eigenvalue weighted by molar-refractivity contribution is 7.17. The van der Waals surface area contributed by atoms with Gasteiger partial charge in [0, 0.05) is 7.05 Å². The third-order valence-corrected chi connectivity index (χ3v) is 4.18. The molecule has 0 aliphatic heterocycles. The van der Waals surface area contributed by atoms with Crippen molar-refractivity contribution in [1.82, 2.24) is 14.9 Å². The number of aromatic amines is 1. The van der Waals surface area contributed by atoms with Crippen molar-refractivity contribution in [3.8, 4) is 5.75 Å². The Kier molecular flexibility index (Phi) is 4.38. The van der Waals surface area contributed by atoms with Crippen molar-refractivity contribution in [3.05, 3.63) is 58.0 Å². The zero-order chi connectivity index (χ0) is 16.2. The van der Waals surface area contributed by atoms with Crippen LogP contribution in [0.1, 0.15) is 5.82 Å². The minimum absolute atomic E-state index is 0.0640. The third kappa shape index (κ3) is 3.57. The summed E-state index contributed by atoms with van der Waals surface area (Å²) in [4.78, 5) is 32.5. The van der Waals surface area contributed by atoms with Gasteiger partial charge < -0.3 is 14.6 Å². The van der Waals surface area contributed by atoms with Crippen molar-refractivity contribution < 1.29 is 9.53 Å². The van der Waals surface area contributed by atoms with Crippen LogP contribution in [0.4, 0.5) is 0 Å². The number of amides is 1. The lowest BCUT2D eigenvalue weighted by Crippen LogP contribution is -2.32. The fraction of sp³-hybridized carbons (Fsp3) is 0.188. The number of thiophene rings is 1. The highest BCUT2D eigenvalue weighted by atomic mass is 32.1. The summed E-state index contributed by atoms with van der Waals surface area (Å²) in [5, 5.41) is 1.82. The first-order valence-electron chi connectivity index (χ1n) is 7.01. The van der Waals surface area contributed by atoms with E-state index < -0.39 is 0 Å². The van der Waals surface area contributed by atoms with Gasteiger partial charge in [-0.05, 0) is 23.6 Å². The van der Waals surface area contributed by atoms with Crippen LogP contribution in [-0.4, -0.2) is 34.4 Å². The van der Waals surface area contributed by atoms with Crippen LogP contribution >= 0.6 is 11.3 Å². The minimum atomic E-state index is -0.193. The fourth-order valence-corrected chi connectivity index (χ4v) is 2.81. The van der Waals surface area contributed by atoms with Crippen LogP contribution in [0, 0.1) is 0 Å². The average molecular weight is 329 g/mol. The van der Waals surface area contributed by atoms with Crippen molar-refractivity contribution in [2.75, 3.05) is 13.7 Å². The number of nitrogens with one attached hydrogen (secondary N) is 1. The van der Waals surface area contributed by atoms with Crippen LogP contribution < -0.4 is 10.3 Å². The second kappa shape index (κ2) is 6.62. The molecule has 0 saturated carbocycles. The van der Waals surface area contributed by atoms with Gasteiger partial charge in [0.1, 0.15) is 16.3 Å². The molecule has 1 N–H and O–H groups in total. The van der Waals surface area contributed by atoms with E-state index in [-0.39, 0.29) is 24.6 Å². The lowest BCUT2D eigenvalue weighted by Gasteiger charge is -2.16. The molecule has 3 rings (SSSR count). The van der Waals surface area contributed by atoms with Crippen molar-refractivity contribution in [3.63, 3.8) is 0 Å². The van der Waals surface area contributed by atoms with Gasteiger partial charge in [0.15, 0.2) is 6.61 Å². The summed E-state index contributed by atoms with van der Waals surface area (Å²) in [5.74, 6) is 0.902. The number of carbonyl (C=O) groups is 1. The Bertz CT molecular complexity index is 873. The highest BCUT2D eigenvalue weighted by Gasteiger charge is 2.13. The van der Waals surface area contributed by atoms with Crippen LogP contribution in [0.3, 0.4) is 0 Å². The van der Waals surface area contributed by atoms with E-state index in [1.165, 1.54) is 16.2 Å². The number of carbonyl (C=O) groups excluding carboxylic acids is 1. The number of nitrogens with zero attached hydrogens (tertiary/aromatic N) is 2. The maximum absolute atomic E-state index is 12.1. The third-order valence-electron chi connectivity index (χ3n) is 3.28. The molecular weight excluding hydrogens is 314 g/mol. The zero-order valence-electron chi connectivity index (χ0n) is 12.5. The summed E-state index contributed by atoms with van der Waals surface area (Å²) in [6, 6.07) is 10.9. The number of likely N-dealkylation sites (N-methyl/N-ethyl adjacent to an activating group) is 1. The van der Waals surface area contributed by atoms with Crippen LogP contribution in [-0.2, 0) is 11.3 Å². The maximum Gasteiger partial charge on any atom is 0.268 e. The topological polar surface area (TPSA) is 75.3 Å². The largest absolute Gasteiger partial charge is 0.484 e. The van der Waals surface area contributed by atoms with Crippen LogP contribution in [0.25, 0.3) is 10.2 Å². The molecule has 0 unspecified atom stereocenters. The smallest absolute Gasteiger partial charge is 0.268 e. The second-order valence-corrected chi connectivity index (χ2v) is 5.92. The van der Waals surface area contributed by atoms with E-state index >= 15 is 0 Å². The molecule has 23 heavy (non-hydrogen) atoms. The number of hydrogen-bond acceptors (Lipinski definition) is 5. The molecule has 118 valence electrons. The Morgan fingerprint density at radius 1 is 1.30 bits per heavy atom. The van der Waals surface area contributed by atoms with Gasteiger partial charge in [-0.3, -0.25) is 9.59 Å². The molecule has 3 aromatic rings. The average Bonchev–Trinajstić information content (AvgIpc) is 3.02. The molecule has 0 bridgehead atoms. The molecule has 0 fully saturated rings. The summed E-state index contributed by atoms with van der Waals surface area (Å²) >= 11 is 1.35. The van der Waals surface area contributed by atoms with Crippen molar-refractivity contribution in [1.29, 1.82) is 0 Å². The quantitative estimate of drug-likeness (QED) is 0.777. The van der Waals surface area contributed by atoms with E-state index in [0.717, 1.165) is 0 Å². The number of benzene rings is 1. The van der Waals surface area contributed by atoms with Crippen molar-refractivity contribution in [2.45, 2.75) is 6.54 Å². The number of H-pyrrole nitrogens is 1. The van der Waals surface area contributed by atoms with Crippen molar-refractivity contribution >= 4 is 27.5 Å². The lowest BCUT2D eigenvalue weighted by atomic mass is 10.3. The normalized spacial score (nSPS) is 10.7. The van der Waals surface area contributed by atoms with Gasteiger partial charge in [0.05, 0.1) is 12.1 Å². The number of aromatic nitrogens is 2. The second-order valence-electron chi connectivity index (χ2n) is 5.00. The molecule has 0 radical (unpaired) electrons. The van der Waals surface area contributed by atoms with E-state index in [9.17, 15) is 9.59 Å². The van der Waals surface area contributed by atoms with Gasteiger partial charge in [-0.1, -0.05) is 18.2 Å². The Labute approximate surface area is 136 Å². The predicted molar refractivity (Wildman–Crippen MR) is 88.7 cm³/mol. The van der Waals surface area contributed by atoms with E-state index in [4.69, 9.17) is 4.74 Å². The number of ether oxygens (including phenoxy) is 1. The van der Waals surface area contributed by atoms with Crippen LogP contribution in [0.5, 0.6) is 5.75 Å². The number of fused-ring (bicyclic) bond motifs is 1. The highest BCUT2D eigenvalue weighted by Crippen LogP contribution is 2.14. The Morgan fingerprint density at radius 3 is 2.87 bits per heavy atom. The summed E-state index contributed by atoms with van der Waals surface area (Å²) in [6.45, 7) is 0.156. The van der Waals surface area contributed by atoms with E-state index in [1.807, 2.05) is 23.6 Å². The molecule has 1 amide bonds. The van der Waals surface area contributed by atoms with Gasteiger partial charge in [0.25, 0.3) is 11.5 Å². The molecule has 0 aliphatic rings. The van der Waals surface area contributed by atoms with Gasteiger partial charge >= 0.3 is 0 Å². The standard InChI is InChI=1S/C16H15N3O3S/c1-19(14(20)10-22-11-5-3-2-4-6-11)9-13-17-12-7-8-23-15(12)16(21)18-13/h2-8H,9-10H2,1H3,(H,17,18,21).